The highest BCUT2D eigenvalue weighted by atomic mass is 16.3. The molecule has 6 aliphatic rings. The number of hydrogen-bond acceptors (Lipinski definition) is 14. The van der Waals surface area contributed by atoms with Gasteiger partial charge >= 0.3 is 18.1 Å². The number of nitrogens with two attached hydrogens (primary N) is 2. The first-order valence-corrected chi connectivity index (χ1v) is 15.9. The number of imide groups is 8. The highest BCUT2D eigenvalue weighted by Gasteiger charge is 2.45. The number of aliphatic hydroxyl groups excluding tert-OH is 1. The molecule has 0 aromatic rings. The number of carbonyl (C=O) groups is 11. The summed E-state index contributed by atoms with van der Waals surface area (Å²) in [6.45, 7) is -0.763. The summed E-state index contributed by atoms with van der Waals surface area (Å²) in [6, 6.07) is -4.90. The lowest BCUT2D eigenvalue weighted by Crippen LogP contribution is -2.46. The van der Waals surface area contributed by atoms with E-state index in [1.165, 1.54) is 6.08 Å². The second-order valence-electron chi connectivity index (χ2n) is 11.9. The van der Waals surface area contributed by atoms with E-state index in [1.807, 2.05) is 0 Å². The van der Waals surface area contributed by atoms with E-state index in [2.05, 4.69) is 21.3 Å². The predicted octanol–water partition coefficient (Wildman–Crippen LogP) is -3.25. The number of nitrogens with one attached hydrogen (secondary N) is 4. The quantitative estimate of drug-likeness (QED) is 0.131. The SMILES string of the molecule is NC1=C/C(NC(=O)CN2C(=O)C=CC2=O)=C(N)/C=C2/C(=C(NC(=O)N3C(=O)C=CC3=O)\C=C/C(NC(=O)N3C(=O)C=CC3=O)=C\1)C2NC(=O)N1C(=O)C=CC1O. The van der Waals surface area contributed by atoms with Gasteiger partial charge in [-0.2, -0.15) is 9.80 Å². The number of aliphatic hydroxyl groups is 1. The Bertz CT molecular complexity index is 2270. The maximum Gasteiger partial charge on any atom is 0.336 e. The first-order chi connectivity index (χ1) is 26.5. The number of carbonyl (C=O) groups excluding carboxylic acids is 11. The Morgan fingerprint density at radius 3 is 1.71 bits per heavy atom. The largest absolute Gasteiger partial charge is 0.399 e. The van der Waals surface area contributed by atoms with Crippen LogP contribution in [0.5, 0.6) is 0 Å². The lowest BCUT2D eigenvalue weighted by atomic mass is 10.2. The van der Waals surface area contributed by atoms with Gasteiger partial charge in [0.1, 0.15) is 6.54 Å². The van der Waals surface area contributed by atoms with Crippen molar-refractivity contribution in [2.24, 2.45) is 11.5 Å². The van der Waals surface area contributed by atoms with Gasteiger partial charge in [-0.3, -0.25) is 43.3 Å². The lowest BCUT2D eigenvalue weighted by Gasteiger charge is -2.18. The zero-order valence-corrected chi connectivity index (χ0v) is 28.2. The molecule has 0 bridgehead atoms. The Morgan fingerprint density at radius 2 is 1.16 bits per heavy atom. The number of fused-ring (bicyclic) bond motifs is 1. The predicted molar refractivity (Wildman–Crippen MR) is 183 cm³/mol. The summed E-state index contributed by atoms with van der Waals surface area (Å²) in [5, 5.41) is 19.7. The summed E-state index contributed by atoms with van der Waals surface area (Å²) in [6.07, 6.45) is 11.2. The number of hydrogen-bond donors (Lipinski definition) is 7. The van der Waals surface area contributed by atoms with E-state index in [4.69, 9.17) is 11.5 Å². The number of rotatable bonds is 6. The Balaban J connectivity index is 1.44. The van der Waals surface area contributed by atoms with Crippen molar-refractivity contribution < 1.29 is 57.8 Å². The van der Waals surface area contributed by atoms with Crippen molar-refractivity contribution in [1.29, 1.82) is 0 Å². The van der Waals surface area contributed by atoms with Crippen molar-refractivity contribution in [3.8, 4) is 0 Å². The van der Waals surface area contributed by atoms with Crippen molar-refractivity contribution in [2.45, 2.75) is 12.3 Å². The second kappa shape index (κ2) is 14.6. The molecule has 6 rings (SSSR count). The maximum absolute atomic E-state index is 13.3. The van der Waals surface area contributed by atoms with Crippen LogP contribution in [0.15, 0.2) is 119 Å². The van der Waals surface area contributed by atoms with Crippen LogP contribution in [0.3, 0.4) is 0 Å². The van der Waals surface area contributed by atoms with Gasteiger partial charge in [-0.15, -0.1) is 0 Å². The van der Waals surface area contributed by atoms with Gasteiger partial charge in [0, 0.05) is 65.2 Å². The van der Waals surface area contributed by atoms with Gasteiger partial charge < -0.3 is 37.8 Å². The molecule has 56 heavy (non-hydrogen) atoms. The molecule has 22 nitrogen and oxygen atoms in total. The van der Waals surface area contributed by atoms with Crippen molar-refractivity contribution in [1.82, 2.24) is 40.9 Å². The van der Waals surface area contributed by atoms with Crippen molar-refractivity contribution in [3.05, 3.63) is 119 Å². The summed E-state index contributed by atoms with van der Waals surface area (Å²) in [7, 11) is 0. The van der Waals surface area contributed by atoms with Gasteiger partial charge in [-0.1, -0.05) is 0 Å². The summed E-state index contributed by atoms with van der Waals surface area (Å²) >= 11 is 0. The van der Waals surface area contributed by atoms with Gasteiger partial charge in [-0.05, 0) is 42.0 Å². The van der Waals surface area contributed by atoms with E-state index < -0.39 is 84.2 Å². The molecule has 0 radical (unpaired) electrons. The molecule has 2 unspecified atom stereocenters. The maximum atomic E-state index is 13.3. The molecule has 2 atom stereocenters. The van der Waals surface area contributed by atoms with Crippen LogP contribution in [0.25, 0.3) is 0 Å². The molecule has 0 aromatic carbocycles. The molecule has 22 heteroatoms. The van der Waals surface area contributed by atoms with Gasteiger partial charge in [0.15, 0.2) is 6.23 Å². The third-order valence-electron chi connectivity index (χ3n) is 8.20. The average Bonchev–Trinajstić information content (AvgIpc) is 3.43. The molecule has 284 valence electrons. The van der Waals surface area contributed by atoms with E-state index in [1.54, 1.807) is 0 Å². The third-order valence-corrected chi connectivity index (χ3v) is 8.20. The number of nitrogens with zero attached hydrogens (tertiary/aromatic N) is 4. The minimum Gasteiger partial charge on any atom is -0.399 e. The Morgan fingerprint density at radius 1 is 0.607 bits per heavy atom. The molecule has 4 aliphatic heterocycles. The zero-order valence-electron chi connectivity index (χ0n) is 28.2. The molecular weight excluding hydrogens is 740 g/mol. The smallest absolute Gasteiger partial charge is 0.336 e. The van der Waals surface area contributed by atoms with Crippen LogP contribution >= 0.6 is 0 Å². The fourth-order valence-electron chi connectivity index (χ4n) is 5.53. The highest BCUT2D eigenvalue weighted by molar-refractivity contribution is 6.23. The third kappa shape index (κ3) is 7.46. The first kappa shape index (κ1) is 37.5. The molecule has 0 spiro atoms. The first-order valence-electron chi connectivity index (χ1n) is 15.9. The van der Waals surface area contributed by atoms with Crippen LogP contribution in [0.4, 0.5) is 14.4 Å². The summed E-state index contributed by atoms with van der Waals surface area (Å²) in [5.41, 5.74) is 11.3. The van der Waals surface area contributed by atoms with Gasteiger partial charge in [0.25, 0.3) is 41.4 Å². The molecule has 0 aromatic heterocycles. The average molecular weight is 767 g/mol. The van der Waals surface area contributed by atoms with Crippen LogP contribution in [0, 0.1) is 0 Å². The van der Waals surface area contributed by atoms with Crippen molar-refractivity contribution in [3.63, 3.8) is 0 Å². The van der Waals surface area contributed by atoms with E-state index in [0.717, 1.165) is 72.9 Å². The summed E-state index contributed by atoms with van der Waals surface area (Å²) in [5.74, 6) is -7.32. The van der Waals surface area contributed by atoms with E-state index in [-0.39, 0.29) is 49.4 Å². The Labute approximate surface area is 312 Å². The Kier molecular flexibility index (Phi) is 9.79. The second-order valence-corrected chi connectivity index (χ2v) is 11.9. The highest BCUT2D eigenvalue weighted by Crippen LogP contribution is 2.41. The van der Waals surface area contributed by atoms with Crippen LogP contribution in [0.1, 0.15) is 0 Å². The van der Waals surface area contributed by atoms with Gasteiger partial charge in [-0.25, -0.2) is 19.3 Å². The van der Waals surface area contributed by atoms with Crippen LogP contribution in [-0.2, 0) is 38.4 Å². The van der Waals surface area contributed by atoms with Gasteiger partial charge in [0.05, 0.1) is 17.4 Å². The van der Waals surface area contributed by atoms with Crippen LogP contribution in [0.2, 0.25) is 0 Å². The molecule has 9 N–H and O–H groups in total. The summed E-state index contributed by atoms with van der Waals surface area (Å²) < 4.78 is 0. The van der Waals surface area contributed by atoms with Crippen molar-refractivity contribution >= 4 is 65.4 Å². The van der Waals surface area contributed by atoms with Crippen LogP contribution < -0.4 is 32.7 Å². The molecule has 1 saturated carbocycles. The Hall–Kier alpha value is -8.27. The minimum absolute atomic E-state index is 0.00867. The van der Waals surface area contributed by atoms with E-state index >= 15 is 0 Å². The zero-order chi connectivity index (χ0) is 40.6. The molecule has 0 saturated heterocycles. The normalized spacial score (nSPS) is 27.7. The fourth-order valence-corrected chi connectivity index (χ4v) is 5.53. The molecule has 1 fully saturated rings. The lowest BCUT2D eigenvalue weighted by molar-refractivity contribution is -0.141. The van der Waals surface area contributed by atoms with Crippen molar-refractivity contribution in [2.75, 3.05) is 6.54 Å². The standard InChI is InChI=1S/C34H26N10O12/c35-15-11-16(37-32(54)42-24(48)5-6-25(42)49)1-2-19(39-33(55)43-26(50)7-8-27(43)51)30-17(31(30)40-34(56)44-28(52)9-10-29(44)53)13-18(36)20(12-15)38-21(45)14-41-22(46)3-4-23(41)47/h1-13,28,31,52H,14,35-36H2,(H,37,54)(H,38,45)(H,39,55)(H,40,56)/b2-1-,15-11?,15-12+,16-1?,16-11+,17-13-,18-13?,19-2?,20-12?,20-18+,30-19-. The fraction of sp³-hybridized carbons (Fsp3) is 0.0882. The number of amides is 14. The van der Waals surface area contributed by atoms with Gasteiger partial charge in [0.2, 0.25) is 5.91 Å². The van der Waals surface area contributed by atoms with E-state index in [9.17, 15) is 57.8 Å². The molecule has 4 heterocycles. The molecular formula is C34H26N10O12. The number of urea groups is 3. The monoisotopic (exact) mass is 766 g/mol. The summed E-state index contributed by atoms with van der Waals surface area (Å²) in [4.78, 5) is 140. The van der Waals surface area contributed by atoms with E-state index in [0.29, 0.717) is 9.80 Å². The topological polar surface area (TPSA) is 321 Å². The minimum atomic E-state index is -1.64. The molecule has 2 aliphatic carbocycles. The number of allylic oxidation sites excluding steroid dienone is 5. The van der Waals surface area contributed by atoms with Crippen LogP contribution in [-0.4, -0.2) is 109 Å². The molecule has 14 amide bonds.